The van der Waals surface area contributed by atoms with Crippen LogP contribution in [0.15, 0.2) is 50.6 Å². The van der Waals surface area contributed by atoms with Crippen LogP contribution in [-0.2, 0) is 28.5 Å². The van der Waals surface area contributed by atoms with Crippen molar-refractivity contribution in [3.8, 4) is 0 Å². The minimum absolute atomic E-state index is 0.263. The number of rotatable bonds is 13. The van der Waals surface area contributed by atoms with Crippen LogP contribution in [0.4, 0.5) is 0 Å². The Balaban J connectivity index is 0. The first-order valence-electron chi connectivity index (χ1n) is 7.08. The zero-order valence-corrected chi connectivity index (χ0v) is 13.5. The fourth-order valence-corrected chi connectivity index (χ4v) is 0.986. The van der Waals surface area contributed by atoms with Crippen LogP contribution in [0.2, 0.25) is 0 Å². The maximum absolute atomic E-state index is 10.5. The molecule has 0 aliphatic carbocycles. The molecule has 0 rings (SSSR count). The van der Waals surface area contributed by atoms with Crippen molar-refractivity contribution < 1.29 is 28.5 Å². The van der Waals surface area contributed by atoms with Crippen molar-refractivity contribution in [1.29, 1.82) is 0 Å². The summed E-state index contributed by atoms with van der Waals surface area (Å²) in [6, 6.07) is 0. The van der Waals surface area contributed by atoms with Crippen LogP contribution in [0, 0.1) is 0 Å². The highest BCUT2D eigenvalue weighted by atomic mass is 16.6. The van der Waals surface area contributed by atoms with E-state index in [1.54, 1.807) is 12.2 Å². The number of hydrogen-bond donors (Lipinski definition) is 0. The third-order valence-electron chi connectivity index (χ3n) is 1.95. The molecule has 0 bridgehead atoms. The maximum Gasteiger partial charge on any atom is 0.330 e. The van der Waals surface area contributed by atoms with Crippen molar-refractivity contribution in [2.75, 3.05) is 39.6 Å². The number of carbonyl (C=O) groups excluding carboxylic acids is 2. The molecule has 0 saturated carbocycles. The summed E-state index contributed by atoms with van der Waals surface area (Å²) in [6.07, 6.45) is 6.27. The smallest absolute Gasteiger partial charge is 0.330 e. The molecule has 0 saturated heterocycles. The number of hydrogen-bond acceptors (Lipinski definition) is 6. The summed E-state index contributed by atoms with van der Waals surface area (Å²) in [5.41, 5.74) is 0. The molecule has 6 nitrogen and oxygen atoms in total. The molecule has 0 N–H and O–H groups in total. The van der Waals surface area contributed by atoms with Crippen LogP contribution >= 0.6 is 0 Å². The summed E-state index contributed by atoms with van der Waals surface area (Å²) in [6.45, 7) is 16.1. The van der Waals surface area contributed by atoms with Gasteiger partial charge in [0.2, 0.25) is 0 Å². The Bertz CT molecular complexity index is 362. The van der Waals surface area contributed by atoms with Crippen molar-refractivity contribution in [3.05, 3.63) is 50.6 Å². The van der Waals surface area contributed by atoms with Crippen LogP contribution in [-0.4, -0.2) is 51.6 Å². The number of carbonyl (C=O) groups is 2. The molecule has 130 valence electrons. The van der Waals surface area contributed by atoms with Gasteiger partial charge in [-0.05, 0) is 0 Å². The van der Waals surface area contributed by atoms with E-state index in [9.17, 15) is 9.59 Å². The maximum atomic E-state index is 10.5. The Morgan fingerprint density at radius 2 is 1.17 bits per heavy atom. The minimum Gasteiger partial charge on any atom is -0.462 e. The monoisotopic (exact) mass is 326 g/mol. The first-order valence-corrected chi connectivity index (χ1v) is 7.08. The predicted molar refractivity (Wildman–Crippen MR) is 89.0 cm³/mol. The van der Waals surface area contributed by atoms with Crippen molar-refractivity contribution >= 4 is 11.9 Å². The third-order valence-corrected chi connectivity index (χ3v) is 1.95. The van der Waals surface area contributed by atoms with Gasteiger partial charge in [0.25, 0.3) is 0 Å². The summed E-state index contributed by atoms with van der Waals surface area (Å²) in [5, 5.41) is 0. The van der Waals surface area contributed by atoms with Crippen LogP contribution in [0.5, 0.6) is 0 Å². The first-order chi connectivity index (χ1) is 11.1. The lowest BCUT2D eigenvalue weighted by molar-refractivity contribution is -0.139. The highest BCUT2D eigenvalue weighted by Gasteiger charge is 1.94. The molecular weight excluding hydrogens is 300 g/mol. The number of ether oxygens (including phenoxy) is 4. The third kappa shape index (κ3) is 22.2. The van der Waals surface area contributed by atoms with E-state index in [1.807, 2.05) is 0 Å². The quantitative estimate of drug-likeness (QED) is 0.224. The Kier molecular flexibility index (Phi) is 19.9. The van der Waals surface area contributed by atoms with Crippen LogP contribution in [0.3, 0.4) is 0 Å². The molecule has 0 aromatic rings. The lowest BCUT2D eigenvalue weighted by Gasteiger charge is -2.01. The number of esters is 2. The van der Waals surface area contributed by atoms with Gasteiger partial charge in [-0.2, -0.15) is 0 Å². The molecule has 0 unspecified atom stereocenters. The summed E-state index contributed by atoms with van der Waals surface area (Å²) >= 11 is 0. The molecule has 6 heteroatoms. The summed E-state index contributed by atoms with van der Waals surface area (Å²) in [5.74, 6) is -0.814. The van der Waals surface area contributed by atoms with Gasteiger partial charge in [-0.15, -0.1) is 13.2 Å². The van der Waals surface area contributed by atoms with Gasteiger partial charge in [0, 0.05) is 18.6 Å². The van der Waals surface area contributed by atoms with E-state index in [0.717, 1.165) is 12.2 Å². The van der Waals surface area contributed by atoms with Crippen molar-refractivity contribution in [3.63, 3.8) is 0 Å². The summed E-state index contributed by atoms with van der Waals surface area (Å²) < 4.78 is 19.3. The molecule has 0 radical (unpaired) electrons. The van der Waals surface area contributed by atoms with E-state index in [0.29, 0.717) is 39.5 Å². The van der Waals surface area contributed by atoms with Crippen LogP contribution in [0.1, 0.15) is 6.42 Å². The average Bonchev–Trinajstić information content (AvgIpc) is 2.57. The molecular formula is C17H26O6. The van der Waals surface area contributed by atoms with E-state index >= 15 is 0 Å². The van der Waals surface area contributed by atoms with Gasteiger partial charge >= 0.3 is 11.9 Å². The van der Waals surface area contributed by atoms with Gasteiger partial charge in [-0.1, -0.05) is 25.3 Å². The molecule has 0 spiro atoms. The van der Waals surface area contributed by atoms with E-state index in [2.05, 4.69) is 31.1 Å². The van der Waals surface area contributed by atoms with E-state index in [1.165, 1.54) is 0 Å². The van der Waals surface area contributed by atoms with Gasteiger partial charge < -0.3 is 18.9 Å². The SMILES string of the molecule is C=CCOCCCOC(=O)C=C.C=CCOCCOC(=O)C=C. The standard InChI is InChI=1S/C9H14O3.C8H12O3/c1-3-6-11-7-5-8-12-9(10)4-2;1-3-5-10-6-7-11-8(9)4-2/h3-4H,1-2,5-8H2;3-4H,1-2,5-7H2. The fourth-order valence-electron chi connectivity index (χ4n) is 0.986. The molecule has 0 fully saturated rings. The second-order valence-corrected chi connectivity index (χ2v) is 3.82. The van der Waals surface area contributed by atoms with E-state index in [-0.39, 0.29) is 6.61 Å². The highest BCUT2D eigenvalue weighted by molar-refractivity contribution is 5.81. The first kappa shape index (κ1) is 23.1. The van der Waals surface area contributed by atoms with Crippen LogP contribution < -0.4 is 0 Å². The van der Waals surface area contributed by atoms with Crippen molar-refractivity contribution in [2.24, 2.45) is 0 Å². The van der Waals surface area contributed by atoms with Gasteiger partial charge in [0.15, 0.2) is 0 Å². The summed E-state index contributed by atoms with van der Waals surface area (Å²) in [7, 11) is 0. The molecule has 0 heterocycles. The zero-order chi connectivity index (χ0) is 17.8. The van der Waals surface area contributed by atoms with E-state index in [4.69, 9.17) is 14.2 Å². The molecule has 23 heavy (non-hydrogen) atoms. The average molecular weight is 326 g/mol. The largest absolute Gasteiger partial charge is 0.462 e. The van der Waals surface area contributed by atoms with Crippen molar-refractivity contribution in [1.82, 2.24) is 0 Å². The van der Waals surface area contributed by atoms with Crippen LogP contribution in [0.25, 0.3) is 0 Å². The van der Waals surface area contributed by atoms with Gasteiger partial charge in [-0.25, -0.2) is 9.59 Å². The molecule has 0 aliphatic rings. The second kappa shape index (κ2) is 19.8. The highest BCUT2D eigenvalue weighted by Crippen LogP contribution is 1.86. The Morgan fingerprint density at radius 3 is 1.65 bits per heavy atom. The fraction of sp³-hybridized carbons (Fsp3) is 0.412. The predicted octanol–water partition coefficient (Wildman–Crippen LogP) is 2.23. The lowest BCUT2D eigenvalue weighted by atomic mass is 10.5. The van der Waals surface area contributed by atoms with Gasteiger partial charge in [0.05, 0.1) is 33.0 Å². The normalized spacial score (nSPS) is 8.87. The Labute approximate surface area is 138 Å². The molecule has 0 atom stereocenters. The minimum atomic E-state index is -0.424. The van der Waals surface area contributed by atoms with E-state index < -0.39 is 11.9 Å². The second-order valence-electron chi connectivity index (χ2n) is 3.82. The van der Waals surface area contributed by atoms with Gasteiger partial charge in [0.1, 0.15) is 6.61 Å². The Morgan fingerprint density at radius 1 is 0.696 bits per heavy atom. The summed E-state index contributed by atoms with van der Waals surface area (Å²) in [4.78, 5) is 20.9. The zero-order valence-electron chi connectivity index (χ0n) is 13.5. The van der Waals surface area contributed by atoms with Crippen molar-refractivity contribution in [2.45, 2.75) is 6.42 Å². The van der Waals surface area contributed by atoms with Gasteiger partial charge in [-0.3, -0.25) is 0 Å². The molecule has 0 aromatic carbocycles. The lowest BCUT2D eigenvalue weighted by Crippen LogP contribution is -2.08. The Hall–Kier alpha value is -2.18. The molecule has 0 aliphatic heterocycles. The molecule has 0 amide bonds. The molecule has 0 aromatic heterocycles. The topological polar surface area (TPSA) is 71.1 Å².